The summed E-state index contributed by atoms with van der Waals surface area (Å²) in [6.45, 7) is 4.49. The molecule has 1 N–H and O–H groups in total. The summed E-state index contributed by atoms with van der Waals surface area (Å²) in [5.74, 6) is -0.0542. The van der Waals surface area contributed by atoms with Crippen molar-refractivity contribution in [2.45, 2.75) is 45.1 Å². The Morgan fingerprint density at radius 1 is 0.964 bits per heavy atom. The van der Waals surface area contributed by atoms with E-state index in [1.807, 2.05) is 30.3 Å². The van der Waals surface area contributed by atoms with Crippen LogP contribution in [-0.4, -0.2) is 41.6 Å². The van der Waals surface area contributed by atoms with Crippen LogP contribution in [0.4, 0.5) is 0 Å². The predicted octanol–water partition coefficient (Wildman–Crippen LogP) is 3.07. The highest BCUT2D eigenvalue weighted by Crippen LogP contribution is 2.27. The summed E-state index contributed by atoms with van der Waals surface area (Å²) in [5.41, 5.74) is 3.26. The fraction of sp³-hybridized carbons (Fsp3) is 0.478. The molecule has 0 atom stereocenters. The number of rotatable bonds is 5. The van der Waals surface area contributed by atoms with Gasteiger partial charge in [0.15, 0.2) is 0 Å². The van der Waals surface area contributed by atoms with E-state index in [1.165, 1.54) is 19.3 Å². The van der Waals surface area contributed by atoms with Gasteiger partial charge < -0.3 is 14.8 Å². The van der Waals surface area contributed by atoms with Crippen molar-refractivity contribution in [3.05, 3.63) is 58.0 Å². The van der Waals surface area contributed by atoms with Crippen LogP contribution in [0.2, 0.25) is 0 Å². The number of carbonyl (C=O) groups is 1. The number of benzene rings is 1. The van der Waals surface area contributed by atoms with E-state index in [9.17, 15) is 9.59 Å². The minimum absolute atomic E-state index is 0.00146. The fourth-order valence-corrected chi connectivity index (χ4v) is 4.46. The maximum atomic E-state index is 13.2. The van der Waals surface area contributed by atoms with E-state index in [-0.39, 0.29) is 11.5 Å². The Balaban J connectivity index is 1.62. The molecule has 0 spiro atoms. The van der Waals surface area contributed by atoms with Crippen LogP contribution in [0.1, 0.15) is 48.2 Å². The molecule has 2 aliphatic heterocycles. The van der Waals surface area contributed by atoms with Gasteiger partial charge in [0.25, 0.3) is 11.5 Å². The Morgan fingerprint density at radius 3 is 2.50 bits per heavy atom. The Bertz CT molecular complexity index is 883. The molecule has 2 aliphatic rings. The van der Waals surface area contributed by atoms with Crippen LogP contribution in [0.5, 0.6) is 0 Å². The van der Waals surface area contributed by atoms with Crippen LogP contribution in [-0.2, 0) is 13.0 Å². The lowest BCUT2D eigenvalue weighted by atomic mass is 9.94. The number of amides is 1. The molecule has 5 heteroatoms. The van der Waals surface area contributed by atoms with Gasteiger partial charge in [-0.3, -0.25) is 9.59 Å². The molecule has 0 unspecified atom stereocenters. The normalized spacial score (nSPS) is 17.1. The molecule has 1 saturated heterocycles. The second-order valence-corrected chi connectivity index (χ2v) is 7.85. The number of nitrogens with one attached hydrogen (secondary N) is 1. The van der Waals surface area contributed by atoms with Crippen molar-refractivity contribution in [2.24, 2.45) is 0 Å². The van der Waals surface area contributed by atoms with Gasteiger partial charge in [-0.1, -0.05) is 36.8 Å². The number of hydrogen-bond donors (Lipinski definition) is 1. The minimum Gasteiger partial charge on any atom is -0.351 e. The third-order valence-corrected chi connectivity index (χ3v) is 5.94. The summed E-state index contributed by atoms with van der Waals surface area (Å²) in [4.78, 5) is 28.3. The first kappa shape index (κ1) is 18.9. The maximum absolute atomic E-state index is 13.2. The first-order chi connectivity index (χ1) is 13.7. The van der Waals surface area contributed by atoms with E-state index >= 15 is 0 Å². The fourth-order valence-electron chi connectivity index (χ4n) is 4.46. The summed E-state index contributed by atoms with van der Waals surface area (Å²) in [7, 11) is 0. The highest BCUT2D eigenvalue weighted by molar-refractivity contribution is 6.02. The van der Waals surface area contributed by atoms with Crippen molar-refractivity contribution in [1.29, 1.82) is 0 Å². The Hall–Kier alpha value is -2.40. The van der Waals surface area contributed by atoms with Crippen molar-refractivity contribution in [2.75, 3.05) is 26.2 Å². The topological polar surface area (TPSA) is 54.3 Å². The van der Waals surface area contributed by atoms with E-state index in [0.29, 0.717) is 18.7 Å². The van der Waals surface area contributed by atoms with E-state index in [1.54, 1.807) is 10.6 Å². The van der Waals surface area contributed by atoms with E-state index in [2.05, 4.69) is 10.2 Å². The number of likely N-dealkylation sites (tertiary alicyclic amines) is 1. The summed E-state index contributed by atoms with van der Waals surface area (Å²) in [6, 6.07) is 11.4. The highest BCUT2D eigenvalue weighted by Gasteiger charge is 2.24. The van der Waals surface area contributed by atoms with Crippen LogP contribution in [0.15, 0.2) is 41.2 Å². The largest absolute Gasteiger partial charge is 0.351 e. The summed E-state index contributed by atoms with van der Waals surface area (Å²) >= 11 is 0. The molecule has 28 heavy (non-hydrogen) atoms. The number of carbonyl (C=O) groups excluding carboxylic acids is 1. The van der Waals surface area contributed by atoms with E-state index in [4.69, 9.17) is 0 Å². The van der Waals surface area contributed by atoms with Gasteiger partial charge in [-0.25, -0.2) is 0 Å². The van der Waals surface area contributed by atoms with Gasteiger partial charge in [-0.05, 0) is 50.8 Å². The minimum atomic E-state index is -0.0542. The predicted molar refractivity (Wildman–Crippen MR) is 112 cm³/mol. The zero-order valence-corrected chi connectivity index (χ0v) is 16.5. The lowest BCUT2D eigenvalue weighted by Crippen LogP contribution is -2.39. The first-order valence-electron chi connectivity index (χ1n) is 10.6. The molecule has 1 fully saturated rings. The molecule has 1 aromatic heterocycles. The first-order valence-corrected chi connectivity index (χ1v) is 10.6. The number of piperidine rings is 1. The molecule has 0 saturated carbocycles. The molecule has 3 heterocycles. The smallest absolute Gasteiger partial charge is 0.253 e. The van der Waals surface area contributed by atoms with Gasteiger partial charge in [-0.15, -0.1) is 0 Å². The zero-order chi connectivity index (χ0) is 19.3. The van der Waals surface area contributed by atoms with Gasteiger partial charge in [0.1, 0.15) is 0 Å². The summed E-state index contributed by atoms with van der Waals surface area (Å²) < 4.78 is 1.80. The zero-order valence-electron chi connectivity index (χ0n) is 16.5. The van der Waals surface area contributed by atoms with Gasteiger partial charge in [0, 0.05) is 37.0 Å². The van der Waals surface area contributed by atoms with Gasteiger partial charge >= 0.3 is 0 Å². The van der Waals surface area contributed by atoms with E-state index in [0.717, 1.165) is 55.7 Å². The molecule has 5 nitrogen and oxygen atoms in total. The number of aromatic nitrogens is 1. The maximum Gasteiger partial charge on any atom is 0.253 e. The average molecular weight is 380 g/mol. The van der Waals surface area contributed by atoms with Crippen molar-refractivity contribution < 1.29 is 4.79 Å². The highest BCUT2D eigenvalue weighted by atomic mass is 16.2. The Kier molecular flexibility index (Phi) is 5.91. The molecule has 0 radical (unpaired) electrons. The lowest BCUT2D eigenvalue weighted by molar-refractivity contribution is 0.0944. The quantitative estimate of drug-likeness (QED) is 0.869. The molecule has 2 aromatic rings. The molecule has 1 amide bonds. The number of fused-ring (bicyclic) bond motifs is 1. The second kappa shape index (κ2) is 8.74. The monoisotopic (exact) mass is 379 g/mol. The third-order valence-electron chi connectivity index (χ3n) is 5.94. The van der Waals surface area contributed by atoms with Crippen LogP contribution < -0.4 is 10.9 Å². The SMILES string of the molecule is O=C(NCCN1CCCCC1)c1c(-c2ccccc2)cc(=O)n2c1CCCC2. The molecular formula is C23H29N3O2. The summed E-state index contributed by atoms with van der Waals surface area (Å²) in [6.07, 6.45) is 6.61. The van der Waals surface area contributed by atoms with Crippen LogP contribution >= 0.6 is 0 Å². The van der Waals surface area contributed by atoms with Crippen molar-refractivity contribution in [3.63, 3.8) is 0 Å². The molecule has 1 aromatic carbocycles. The van der Waals surface area contributed by atoms with Gasteiger partial charge in [0.05, 0.1) is 5.56 Å². The van der Waals surface area contributed by atoms with Crippen molar-refractivity contribution in [1.82, 2.24) is 14.8 Å². The van der Waals surface area contributed by atoms with E-state index < -0.39 is 0 Å². The molecule has 4 rings (SSSR count). The van der Waals surface area contributed by atoms with Gasteiger partial charge in [0.2, 0.25) is 0 Å². The van der Waals surface area contributed by atoms with Crippen LogP contribution in [0, 0.1) is 0 Å². The van der Waals surface area contributed by atoms with Gasteiger partial charge in [-0.2, -0.15) is 0 Å². The number of pyridine rings is 1. The van der Waals surface area contributed by atoms with Crippen molar-refractivity contribution in [3.8, 4) is 11.1 Å². The van der Waals surface area contributed by atoms with Crippen LogP contribution in [0.25, 0.3) is 11.1 Å². The molecule has 0 bridgehead atoms. The average Bonchev–Trinajstić information content (AvgIpc) is 2.75. The Morgan fingerprint density at radius 2 is 1.71 bits per heavy atom. The third kappa shape index (κ3) is 4.04. The van der Waals surface area contributed by atoms with Crippen LogP contribution in [0.3, 0.4) is 0 Å². The molecular weight excluding hydrogens is 350 g/mol. The molecule has 0 aliphatic carbocycles. The number of nitrogens with zero attached hydrogens (tertiary/aromatic N) is 2. The summed E-state index contributed by atoms with van der Waals surface area (Å²) in [5, 5.41) is 3.13. The molecule has 148 valence electrons. The van der Waals surface area contributed by atoms with Crippen molar-refractivity contribution >= 4 is 5.91 Å². The Labute approximate surface area is 166 Å². The number of hydrogen-bond acceptors (Lipinski definition) is 3. The lowest BCUT2D eigenvalue weighted by Gasteiger charge is -2.27. The standard InChI is InChI=1S/C23H29N3O2/c27-21-17-19(18-9-3-1-4-10-18)22(20-11-5-8-15-26(20)21)23(28)24-12-16-25-13-6-2-7-14-25/h1,3-4,9-10,17H,2,5-8,11-16H2,(H,24,28). The second-order valence-electron chi connectivity index (χ2n) is 7.85.